The van der Waals surface area contributed by atoms with Crippen LogP contribution < -0.4 is 5.32 Å². The predicted molar refractivity (Wildman–Crippen MR) is 66.5 cm³/mol. The number of rotatable bonds is 6. The second-order valence-electron chi connectivity index (χ2n) is 5.07. The van der Waals surface area contributed by atoms with Crippen molar-refractivity contribution in [3.63, 3.8) is 0 Å². The molecule has 0 aliphatic heterocycles. The van der Waals surface area contributed by atoms with Crippen molar-refractivity contribution in [3.8, 4) is 0 Å². The fourth-order valence-corrected chi connectivity index (χ4v) is 2.73. The number of hydrogen-bond donors (Lipinski definition) is 1. The molecule has 1 fully saturated rings. The summed E-state index contributed by atoms with van der Waals surface area (Å²) in [5.41, 5.74) is 0. The minimum atomic E-state index is 0.651. The van der Waals surface area contributed by atoms with Crippen LogP contribution >= 0.6 is 0 Å². The third-order valence-electron chi connectivity index (χ3n) is 3.61. The molecule has 1 atom stereocenters. The third kappa shape index (κ3) is 3.67. The maximum Gasteiger partial charge on any atom is 0.105 e. The molecule has 1 heterocycles. The molecule has 1 saturated carbocycles. The van der Waals surface area contributed by atoms with Gasteiger partial charge in [0.2, 0.25) is 0 Å². The molecule has 0 bridgehead atoms. The van der Waals surface area contributed by atoms with Crippen molar-refractivity contribution in [1.82, 2.24) is 5.32 Å². The minimum absolute atomic E-state index is 0.651. The lowest BCUT2D eigenvalue weighted by Gasteiger charge is -2.17. The van der Waals surface area contributed by atoms with Crippen LogP contribution in [0.2, 0.25) is 0 Å². The van der Waals surface area contributed by atoms with Crippen molar-refractivity contribution < 1.29 is 4.42 Å². The fraction of sp³-hybridized carbons (Fsp3) is 0.714. The van der Waals surface area contributed by atoms with E-state index >= 15 is 0 Å². The lowest BCUT2D eigenvalue weighted by molar-refractivity contribution is 0.401. The summed E-state index contributed by atoms with van der Waals surface area (Å²) in [4.78, 5) is 0. The van der Waals surface area contributed by atoms with E-state index < -0.39 is 0 Å². The van der Waals surface area contributed by atoms with Gasteiger partial charge in [0, 0.05) is 19.0 Å². The van der Waals surface area contributed by atoms with Crippen LogP contribution in [-0.2, 0) is 6.42 Å². The molecule has 0 amide bonds. The monoisotopic (exact) mass is 221 g/mol. The molecular weight excluding hydrogens is 198 g/mol. The summed E-state index contributed by atoms with van der Waals surface area (Å²) >= 11 is 0. The van der Waals surface area contributed by atoms with Crippen LogP contribution in [0.15, 0.2) is 22.8 Å². The van der Waals surface area contributed by atoms with Crippen molar-refractivity contribution in [3.05, 3.63) is 24.2 Å². The molecule has 1 aliphatic carbocycles. The Hall–Kier alpha value is -0.760. The second-order valence-corrected chi connectivity index (χ2v) is 5.07. The molecule has 0 aromatic carbocycles. The van der Waals surface area contributed by atoms with E-state index in [0.29, 0.717) is 6.04 Å². The summed E-state index contributed by atoms with van der Waals surface area (Å²) in [6.45, 7) is 3.34. The number of hydrogen-bond acceptors (Lipinski definition) is 2. The van der Waals surface area contributed by atoms with Gasteiger partial charge >= 0.3 is 0 Å². The van der Waals surface area contributed by atoms with Gasteiger partial charge in [-0.3, -0.25) is 0 Å². The summed E-state index contributed by atoms with van der Waals surface area (Å²) in [6, 6.07) is 4.65. The molecule has 1 unspecified atom stereocenters. The smallest absolute Gasteiger partial charge is 0.105 e. The summed E-state index contributed by atoms with van der Waals surface area (Å²) in [7, 11) is 0. The standard InChI is InChI=1S/C14H23NO/c1-12(11-13-5-2-3-6-13)15-9-8-14-7-4-10-16-14/h4,7,10,12-13,15H,2-3,5-6,8-9,11H2,1H3. The van der Waals surface area contributed by atoms with Gasteiger partial charge in [-0.25, -0.2) is 0 Å². The SMILES string of the molecule is CC(CC1CCCC1)NCCc1ccco1. The first-order valence-electron chi connectivity index (χ1n) is 6.60. The molecule has 1 aliphatic rings. The van der Waals surface area contributed by atoms with E-state index in [0.717, 1.165) is 24.6 Å². The maximum absolute atomic E-state index is 5.31. The van der Waals surface area contributed by atoms with Crippen LogP contribution in [0.4, 0.5) is 0 Å². The van der Waals surface area contributed by atoms with Gasteiger partial charge in [0.15, 0.2) is 0 Å². The van der Waals surface area contributed by atoms with Gasteiger partial charge in [-0.1, -0.05) is 25.7 Å². The highest BCUT2D eigenvalue weighted by Gasteiger charge is 2.17. The Kier molecular flexibility index (Phi) is 4.46. The zero-order chi connectivity index (χ0) is 11.2. The van der Waals surface area contributed by atoms with Crippen molar-refractivity contribution in [1.29, 1.82) is 0 Å². The van der Waals surface area contributed by atoms with Crippen LogP contribution in [0, 0.1) is 5.92 Å². The average molecular weight is 221 g/mol. The van der Waals surface area contributed by atoms with E-state index in [9.17, 15) is 0 Å². The normalized spacial score (nSPS) is 19.1. The summed E-state index contributed by atoms with van der Waals surface area (Å²) in [6.07, 6.45) is 9.89. The van der Waals surface area contributed by atoms with Crippen LogP contribution in [0.25, 0.3) is 0 Å². The zero-order valence-corrected chi connectivity index (χ0v) is 10.2. The van der Waals surface area contributed by atoms with E-state index in [1.54, 1.807) is 6.26 Å². The van der Waals surface area contributed by atoms with Crippen LogP contribution in [-0.4, -0.2) is 12.6 Å². The van der Waals surface area contributed by atoms with Crippen LogP contribution in [0.3, 0.4) is 0 Å². The van der Waals surface area contributed by atoms with E-state index in [1.807, 2.05) is 12.1 Å². The molecule has 0 radical (unpaired) electrons. The van der Waals surface area contributed by atoms with Crippen molar-refractivity contribution in [2.75, 3.05) is 6.54 Å². The first kappa shape index (κ1) is 11.7. The Balaban J connectivity index is 1.58. The molecule has 16 heavy (non-hydrogen) atoms. The topological polar surface area (TPSA) is 25.2 Å². The highest BCUT2D eigenvalue weighted by molar-refractivity contribution is 4.98. The highest BCUT2D eigenvalue weighted by atomic mass is 16.3. The first-order chi connectivity index (χ1) is 7.84. The molecule has 90 valence electrons. The molecule has 1 aromatic heterocycles. The van der Waals surface area contributed by atoms with Gasteiger partial charge in [0.25, 0.3) is 0 Å². The molecule has 0 saturated heterocycles. The van der Waals surface area contributed by atoms with Gasteiger partial charge in [-0.2, -0.15) is 0 Å². The highest BCUT2D eigenvalue weighted by Crippen LogP contribution is 2.28. The molecule has 1 N–H and O–H groups in total. The molecular formula is C14H23NO. The van der Waals surface area contributed by atoms with E-state index in [-0.39, 0.29) is 0 Å². The van der Waals surface area contributed by atoms with Gasteiger partial charge in [-0.15, -0.1) is 0 Å². The third-order valence-corrected chi connectivity index (χ3v) is 3.61. The Morgan fingerprint density at radius 1 is 1.44 bits per heavy atom. The van der Waals surface area contributed by atoms with E-state index in [4.69, 9.17) is 4.42 Å². The molecule has 1 aromatic rings. The minimum Gasteiger partial charge on any atom is -0.469 e. The molecule has 2 rings (SSSR count). The molecule has 0 spiro atoms. The fourth-order valence-electron chi connectivity index (χ4n) is 2.73. The predicted octanol–water partition coefficient (Wildman–Crippen LogP) is 3.38. The molecule has 2 heteroatoms. The lowest BCUT2D eigenvalue weighted by atomic mass is 9.99. The second kappa shape index (κ2) is 6.09. The average Bonchev–Trinajstić information content (AvgIpc) is 2.90. The summed E-state index contributed by atoms with van der Waals surface area (Å²) in [5.74, 6) is 2.06. The Bertz CT molecular complexity index is 275. The Labute approximate surface area is 98.4 Å². The van der Waals surface area contributed by atoms with Crippen molar-refractivity contribution in [2.24, 2.45) is 5.92 Å². The van der Waals surface area contributed by atoms with Gasteiger partial charge in [-0.05, 0) is 31.4 Å². The number of nitrogens with one attached hydrogen (secondary N) is 1. The quantitative estimate of drug-likeness (QED) is 0.796. The van der Waals surface area contributed by atoms with E-state index in [1.165, 1.54) is 32.1 Å². The summed E-state index contributed by atoms with van der Waals surface area (Å²) < 4.78 is 5.31. The maximum atomic E-state index is 5.31. The van der Waals surface area contributed by atoms with Gasteiger partial charge in [0.05, 0.1) is 6.26 Å². The zero-order valence-electron chi connectivity index (χ0n) is 10.2. The van der Waals surface area contributed by atoms with Crippen molar-refractivity contribution in [2.45, 2.75) is 51.5 Å². The van der Waals surface area contributed by atoms with Crippen LogP contribution in [0.1, 0.15) is 44.8 Å². The lowest BCUT2D eigenvalue weighted by Crippen LogP contribution is -2.29. The Morgan fingerprint density at radius 2 is 2.25 bits per heavy atom. The van der Waals surface area contributed by atoms with Gasteiger partial charge in [0.1, 0.15) is 5.76 Å². The van der Waals surface area contributed by atoms with Gasteiger partial charge < -0.3 is 9.73 Å². The van der Waals surface area contributed by atoms with Crippen molar-refractivity contribution >= 4 is 0 Å². The van der Waals surface area contributed by atoms with E-state index in [2.05, 4.69) is 12.2 Å². The molecule has 2 nitrogen and oxygen atoms in total. The number of furan rings is 1. The van der Waals surface area contributed by atoms with Crippen LogP contribution in [0.5, 0.6) is 0 Å². The Morgan fingerprint density at radius 3 is 2.94 bits per heavy atom. The first-order valence-corrected chi connectivity index (χ1v) is 6.60. The largest absolute Gasteiger partial charge is 0.469 e. The summed E-state index contributed by atoms with van der Waals surface area (Å²) in [5, 5.41) is 3.59.